The smallest absolute Gasteiger partial charge is 0.305 e. The second-order valence-electron chi connectivity index (χ2n) is 5.18. The van der Waals surface area contributed by atoms with Gasteiger partial charge in [-0.25, -0.2) is 4.39 Å². The minimum atomic E-state index is -0.858. The lowest BCUT2D eigenvalue weighted by Gasteiger charge is -2.25. The summed E-state index contributed by atoms with van der Waals surface area (Å²) in [6.07, 6.45) is 0.965. The van der Waals surface area contributed by atoms with Gasteiger partial charge in [0.2, 0.25) is 0 Å². The standard InChI is InChI=1S/C18H20FNO2/c1-2-14-7-9-16(10-8-14)20(12-11-18(21)22)13-15-5-3-4-6-17(15)19/h3-10H,2,11-13H2,1H3,(H,21,22). The molecule has 0 fully saturated rings. The van der Waals surface area contributed by atoms with Gasteiger partial charge in [0, 0.05) is 24.3 Å². The van der Waals surface area contributed by atoms with E-state index in [9.17, 15) is 9.18 Å². The summed E-state index contributed by atoms with van der Waals surface area (Å²) in [6.45, 7) is 2.77. The Morgan fingerprint density at radius 3 is 2.41 bits per heavy atom. The van der Waals surface area contributed by atoms with Crippen molar-refractivity contribution in [3.63, 3.8) is 0 Å². The third-order valence-electron chi connectivity index (χ3n) is 3.62. The number of hydrogen-bond acceptors (Lipinski definition) is 2. The number of hydrogen-bond donors (Lipinski definition) is 1. The summed E-state index contributed by atoms with van der Waals surface area (Å²) >= 11 is 0. The van der Waals surface area contributed by atoms with Gasteiger partial charge < -0.3 is 10.0 Å². The van der Waals surface area contributed by atoms with Crippen molar-refractivity contribution in [2.45, 2.75) is 26.3 Å². The van der Waals surface area contributed by atoms with Crippen LogP contribution in [0.25, 0.3) is 0 Å². The topological polar surface area (TPSA) is 40.5 Å². The average Bonchev–Trinajstić information content (AvgIpc) is 2.53. The zero-order valence-electron chi connectivity index (χ0n) is 12.6. The van der Waals surface area contributed by atoms with Crippen molar-refractivity contribution in [3.8, 4) is 0 Å². The Morgan fingerprint density at radius 2 is 1.82 bits per heavy atom. The number of benzene rings is 2. The molecule has 0 atom stereocenters. The number of aliphatic carboxylic acids is 1. The van der Waals surface area contributed by atoms with Crippen LogP contribution < -0.4 is 4.90 Å². The fourth-order valence-corrected chi connectivity index (χ4v) is 2.30. The van der Waals surface area contributed by atoms with Gasteiger partial charge in [-0.3, -0.25) is 4.79 Å². The summed E-state index contributed by atoms with van der Waals surface area (Å²) in [5.41, 5.74) is 2.68. The first kappa shape index (κ1) is 16.0. The largest absolute Gasteiger partial charge is 0.481 e. The third kappa shape index (κ3) is 4.32. The van der Waals surface area contributed by atoms with E-state index >= 15 is 0 Å². The molecule has 0 aliphatic carbocycles. The van der Waals surface area contributed by atoms with Gasteiger partial charge >= 0.3 is 5.97 Å². The molecule has 0 saturated heterocycles. The Labute approximate surface area is 130 Å². The first-order valence-electron chi connectivity index (χ1n) is 7.39. The highest BCUT2D eigenvalue weighted by molar-refractivity contribution is 5.67. The maximum absolute atomic E-state index is 13.8. The van der Waals surface area contributed by atoms with Crippen molar-refractivity contribution < 1.29 is 14.3 Å². The molecule has 2 aromatic carbocycles. The van der Waals surface area contributed by atoms with E-state index in [0.29, 0.717) is 18.7 Å². The summed E-state index contributed by atoms with van der Waals surface area (Å²) in [5, 5.41) is 8.91. The average molecular weight is 301 g/mol. The molecule has 0 aliphatic heterocycles. The lowest BCUT2D eigenvalue weighted by Crippen LogP contribution is -2.26. The normalized spacial score (nSPS) is 10.5. The van der Waals surface area contributed by atoms with Crippen LogP contribution in [-0.2, 0) is 17.8 Å². The van der Waals surface area contributed by atoms with Crippen molar-refractivity contribution in [1.29, 1.82) is 0 Å². The lowest BCUT2D eigenvalue weighted by molar-refractivity contribution is -0.136. The highest BCUT2D eigenvalue weighted by Gasteiger charge is 2.12. The van der Waals surface area contributed by atoms with E-state index in [-0.39, 0.29) is 12.2 Å². The highest BCUT2D eigenvalue weighted by Crippen LogP contribution is 2.20. The van der Waals surface area contributed by atoms with Gasteiger partial charge in [0.1, 0.15) is 5.82 Å². The summed E-state index contributed by atoms with van der Waals surface area (Å²) in [5.74, 6) is -1.13. The predicted octanol–water partition coefficient (Wildman–Crippen LogP) is 3.87. The molecule has 3 nitrogen and oxygen atoms in total. The molecule has 0 bridgehead atoms. The van der Waals surface area contributed by atoms with E-state index in [1.54, 1.807) is 18.2 Å². The Kier molecular flexibility index (Phi) is 5.53. The number of aryl methyl sites for hydroxylation is 1. The predicted molar refractivity (Wildman–Crippen MR) is 85.5 cm³/mol. The summed E-state index contributed by atoms with van der Waals surface area (Å²) in [7, 11) is 0. The van der Waals surface area contributed by atoms with E-state index in [1.165, 1.54) is 11.6 Å². The number of carboxylic acid groups (broad SMARTS) is 1. The quantitative estimate of drug-likeness (QED) is 0.844. The number of carbonyl (C=O) groups is 1. The SMILES string of the molecule is CCc1ccc(N(CCC(=O)O)Cc2ccccc2F)cc1. The van der Waals surface area contributed by atoms with Gasteiger partial charge in [-0.1, -0.05) is 37.3 Å². The molecule has 0 radical (unpaired) electrons. The first-order valence-corrected chi connectivity index (χ1v) is 7.39. The molecule has 1 N–H and O–H groups in total. The molecule has 116 valence electrons. The van der Waals surface area contributed by atoms with E-state index < -0.39 is 5.97 Å². The van der Waals surface area contributed by atoms with Crippen LogP contribution in [-0.4, -0.2) is 17.6 Å². The van der Waals surface area contributed by atoms with Crippen molar-refractivity contribution >= 4 is 11.7 Å². The highest BCUT2D eigenvalue weighted by atomic mass is 19.1. The Hall–Kier alpha value is -2.36. The van der Waals surface area contributed by atoms with Crippen molar-refractivity contribution in [1.82, 2.24) is 0 Å². The molecule has 4 heteroatoms. The summed E-state index contributed by atoms with van der Waals surface area (Å²) in [6, 6.07) is 14.5. The number of nitrogens with zero attached hydrogens (tertiary/aromatic N) is 1. The Morgan fingerprint density at radius 1 is 1.14 bits per heavy atom. The zero-order valence-corrected chi connectivity index (χ0v) is 12.6. The van der Waals surface area contributed by atoms with Crippen LogP contribution in [0.2, 0.25) is 0 Å². The number of halogens is 1. The van der Waals surface area contributed by atoms with Gasteiger partial charge in [0.15, 0.2) is 0 Å². The molecule has 0 unspecified atom stereocenters. The Balaban J connectivity index is 2.21. The molecular weight excluding hydrogens is 281 g/mol. The second-order valence-corrected chi connectivity index (χ2v) is 5.18. The molecule has 0 saturated carbocycles. The van der Waals surface area contributed by atoms with Crippen LogP contribution >= 0.6 is 0 Å². The second kappa shape index (κ2) is 7.59. The molecule has 2 aromatic rings. The monoisotopic (exact) mass is 301 g/mol. The van der Waals surface area contributed by atoms with Crippen molar-refractivity contribution in [2.75, 3.05) is 11.4 Å². The Bertz CT molecular complexity index is 625. The zero-order chi connectivity index (χ0) is 15.9. The van der Waals surface area contributed by atoms with E-state index in [1.807, 2.05) is 29.2 Å². The van der Waals surface area contributed by atoms with E-state index in [0.717, 1.165) is 12.1 Å². The number of anilines is 1. The minimum absolute atomic E-state index is 0.0178. The number of carboxylic acids is 1. The molecule has 0 amide bonds. The fourth-order valence-electron chi connectivity index (χ4n) is 2.30. The number of rotatable bonds is 7. The van der Waals surface area contributed by atoms with Gasteiger partial charge in [-0.15, -0.1) is 0 Å². The van der Waals surface area contributed by atoms with Crippen LogP contribution in [0.5, 0.6) is 0 Å². The molecule has 0 heterocycles. The van der Waals surface area contributed by atoms with Gasteiger partial charge in [0.05, 0.1) is 6.42 Å². The van der Waals surface area contributed by atoms with Crippen LogP contribution in [0, 0.1) is 5.82 Å². The summed E-state index contributed by atoms with van der Waals surface area (Å²) in [4.78, 5) is 12.7. The van der Waals surface area contributed by atoms with E-state index in [2.05, 4.69) is 6.92 Å². The molecule has 2 rings (SSSR count). The first-order chi connectivity index (χ1) is 10.6. The van der Waals surface area contributed by atoms with Crippen molar-refractivity contribution in [3.05, 3.63) is 65.5 Å². The van der Waals surface area contributed by atoms with E-state index in [4.69, 9.17) is 5.11 Å². The minimum Gasteiger partial charge on any atom is -0.481 e. The maximum atomic E-state index is 13.8. The fraction of sp³-hybridized carbons (Fsp3) is 0.278. The van der Waals surface area contributed by atoms with Gasteiger partial charge in [0.25, 0.3) is 0 Å². The molecule has 0 spiro atoms. The molecule has 0 aromatic heterocycles. The maximum Gasteiger partial charge on any atom is 0.305 e. The summed E-state index contributed by atoms with van der Waals surface area (Å²) < 4.78 is 13.8. The molecular formula is C18H20FNO2. The van der Waals surface area contributed by atoms with Gasteiger partial charge in [-0.05, 0) is 30.2 Å². The lowest BCUT2D eigenvalue weighted by atomic mass is 10.1. The molecule has 22 heavy (non-hydrogen) atoms. The van der Waals surface area contributed by atoms with Crippen LogP contribution in [0.15, 0.2) is 48.5 Å². The molecule has 0 aliphatic rings. The van der Waals surface area contributed by atoms with Crippen LogP contribution in [0.1, 0.15) is 24.5 Å². The van der Waals surface area contributed by atoms with Crippen LogP contribution in [0.4, 0.5) is 10.1 Å². The van der Waals surface area contributed by atoms with Crippen LogP contribution in [0.3, 0.4) is 0 Å². The van der Waals surface area contributed by atoms with Gasteiger partial charge in [-0.2, -0.15) is 0 Å². The van der Waals surface area contributed by atoms with Crippen molar-refractivity contribution in [2.24, 2.45) is 0 Å². The third-order valence-corrected chi connectivity index (χ3v) is 3.62.